The van der Waals surface area contributed by atoms with Crippen LogP contribution in [0.5, 0.6) is 0 Å². The SMILES string of the molecule is CCN(C(=O)CC1CC1)c1ccc(CN)cc1. The molecule has 2 rings (SSSR count). The zero-order valence-electron chi connectivity index (χ0n) is 10.4. The highest BCUT2D eigenvalue weighted by Crippen LogP contribution is 2.33. The predicted octanol–water partition coefficient (Wildman–Crippen LogP) is 2.30. The Bertz CT molecular complexity index is 382. The molecule has 2 N–H and O–H groups in total. The Hall–Kier alpha value is -1.35. The van der Waals surface area contributed by atoms with Crippen LogP contribution >= 0.6 is 0 Å². The lowest BCUT2D eigenvalue weighted by Gasteiger charge is -2.21. The summed E-state index contributed by atoms with van der Waals surface area (Å²) in [6.45, 7) is 3.29. The van der Waals surface area contributed by atoms with E-state index in [4.69, 9.17) is 5.73 Å². The number of nitrogens with zero attached hydrogens (tertiary/aromatic N) is 1. The van der Waals surface area contributed by atoms with Crippen molar-refractivity contribution in [2.24, 2.45) is 11.7 Å². The van der Waals surface area contributed by atoms with Crippen molar-refractivity contribution in [1.82, 2.24) is 0 Å². The fourth-order valence-electron chi connectivity index (χ4n) is 1.99. The van der Waals surface area contributed by atoms with Gasteiger partial charge < -0.3 is 10.6 Å². The van der Waals surface area contributed by atoms with Crippen molar-refractivity contribution in [3.05, 3.63) is 29.8 Å². The summed E-state index contributed by atoms with van der Waals surface area (Å²) in [5.41, 5.74) is 7.64. The number of anilines is 1. The van der Waals surface area contributed by atoms with Crippen LogP contribution in [-0.2, 0) is 11.3 Å². The molecule has 0 heterocycles. The highest BCUT2D eigenvalue weighted by atomic mass is 16.2. The van der Waals surface area contributed by atoms with Gasteiger partial charge >= 0.3 is 0 Å². The number of amides is 1. The van der Waals surface area contributed by atoms with Crippen LogP contribution in [0.2, 0.25) is 0 Å². The third-order valence-electron chi connectivity index (χ3n) is 3.26. The van der Waals surface area contributed by atoms with E-state index in [0.29, 0.717) is 18.9 Å². The molecule has 1 aromatic rings. The number of rotatable bonds is 5. The molecule has 0 aromatic heterocycles. The summed E-state index contributed by atoms with van der Waals surface area (Å²) in [5, 5.41) is 0. The lowest BCUT2D eigenvalue weighted by atomic mass is 10.1. The van der Waals surface area contributed by atoms with Gasteiger partial charge in [0, 0.05) is 25.2 Å². The summed E-state index contributed by atoms with van der Waals surface area (Å²) in [5.74, 6) is 0.885. The number of nitrogens with two attached hydrogens (primary N) is 1. The Kier molecular flexibility index (Phi) is 3.79. The van der Waals surface area contributed by atoms with Gasteiger partial charge in [-0.25, -0.2) is 0 Å². The topological polar surface area (TPSA) is 46.3 Å². The van der Waals surface area contributed by atoms with Crippen LogP contribution in [0.3, 0.4) is 0 Å². The van der Waals surface area contributed by atoms with Crippen LogP contribution in [0.25, 0.3) is 0 Å². The zero-order chi connectivity index (χ0) is 12.3. The first-order valence-electron chi connectivity index (χ1n) is 6.34. The standard InChI is InChI=1S/C14H20N2O/c1-2-16(14(17)9-11-3-4-11)13-7-5-12(10-15)6-8-13/h5-8,11H,2-4,9-10,15H2,1H3. The quantitative estimate of drug-likeness (QED) is 0.846. The minimum absolute atomic E-state index is 0.246. The van der Waals surface area contributed by atoms with Gasteiger partial charge in [-0.05, 0) is 43.4 Å². The molecule has 0 unspecified atom stereocenters. The van der Waals surface area contributed by atoms with Crippen LogP contribution in [0.15, 0.2) is 24.3 Å². The zero-order valence-corrected chi connectivity index (χ0v) is 10.4. The van der Waals surface area contributed by atoms with Gasteiger partial charge in [0.2, 0.25) is 5.91 Å². The first kappa shape index (κ1) is 12.1. The average Bonchev–Trinajstić information content (AvgIpc) is 3.15. The summed E-state index contributed by atoms with van der Waals surface area (Å²) in [6, 6.07) is 7.94. The number of hydrogen-bond acceptors (Lipinski definition) is 2. The molecule has 1 fully saturated rings. The maximum atomic E-state index is 12.1. The van der Waals surface area contributed by atoms with Crippen LogP contribution in [0.1, 0.15) is 31.7 Å². The van der Waals surface area contributed by atoms with E-state index in [0.717, 1.165) is 17.8 Å². The van der Waals surface area contributed by atoms with E-state index in [9.17, 15) is 4.79 Å². The molecule has 0 radical (unpaired) electrons. The molecule has 0 atom stereocenters. The van der Waals surface area contributed by atoms with E-state index in [1.807, 2.05) is 36.1 Å². The molecule has 1 aliphatic carbocycles. The van der Waals surface area contributed by atoms with Gasteiger partial charge in [0.05, 0.1) is 0 Å². The fraction of sp³-hybridized carbons (Fsp3) is 0.500. The van der Waals surface area contributed by atoms with Gasteiger partial charge in [0.1, 0.15) is 0 Å². The summed E-state index contributed by atoms with van der Waals surface area (Å²) in [7, 11) is 0. The normalized spacial score (nSPS) is 14.7. The van der Waals surface area contributed by atoms with Gasteiger partial charge in [-0.1, -0.05) is 12.1 Å². The Labute approximate surface area is 103 Å². The second-order valence-electron chi connectivity index (χ2n) is 4.66. The van der Waals surface area contributed by atoms with E-state index in [2.05, 4.69) is 0 Å². The highest BCUT2D eigenvalue weighted by molar-refractivity contribution is 5.93. The number of hydrogen-bond donors (Lipinski definition) is 1. The Balaban J connectivity index is 2.06. The molecule has 3 heteroatoms. The number of carbonyl (C=O) groups is 1. The molecule has 1 aliphatic rings. The maximum Gasteiger partial charge on any atom is 0.227 e. The molecular formula is C14H20N2O. The van der Waals surface area contributed by atoms with Crippen molar-refractivity contribution in [3.8, 4) is 0 Å². The van der Waals surface area contributed by atoms with Gasteiger partial charge in [0.25, 0.3) is 0 Å². The summed E-state index contributed by atoms with van der Waals surface area (Å²) in [4.78, 5) is 13.9. The third kappa shape index (κ3) is 3.07. The van der Waals surface area contributed by atoms with Gasteiger partial charge in [-0.15, -0.1) is 0 Å². The molecule has 1 amide bonds. The second kappa shape index (κ2) is 5.32. The third-order valence-corrected chi connectivity index (χ3v) is 3.26. The maximum absolute atomic E-state index is 12.1. The Morgan fingerprint density at radius 1 is 1.35 bits per heavy atom. The number of benzene rings is 1. The average molecular weight is 232 g/mol. The molecule has 1 aromatic carbocycles. The fourth-order valence-corrected chi connectivity index (χ4v) is 1.99. The van der Waals surface area contributed by atoms with E-state index >= 15 is 0 Å². The minimum Gasteiger partial charge on any atom is -0.326 e. The van der Waals surface area contributed by atoms with E-state index in [-0.39, 0.29) is 5.91 Å². The molecule has 0 bridgehead atoms. The van der Waals surface area contributed by atoms with Crippen LogP contribution in [-0.4, -0.2) is 12.5 Å². The largest absolute Gasteiger partial charge is 0.326 e. The van der Waals surface area contributed by atoms with Crippen molar-refractivity contribution in [2.45, 2.75) is 32.7 Å². The van der Waals surface area contributed by atoms with Crippen LogP contribution in [0, 0.1) is 5.92 Å². The highest BCUT2D eigenvalue weighted by Gasteiger charge is 2.26. The molecule has 17 heavy (non-hydrogen) atoms. The summed E-state index contributed by atoms with van der Waals surface area (Å²) in [6.07, 6.45) is 3.14. The molecule has 0 saturated heterocycles. The first-order valence-corrected chi connectivity index (χ1v) is 6.34. The van der Waals surface area contributed by atoms with Crippen molar-refractivity contribution >= 4 is 11.6 Å². The van der Waals surface area contributed by atoms with Gasteiger partial charge in [-0.3, -0.25) is 4.79 Å². The second-order valence-corrected chi connectivity index (χ2v) is 4.66. The minimum atomic E-state index is 0.246. The van der Waals surface area contributed by atoms with Crippen molar-refractivity contribution in [1.29, 1.82) is 0 Å². The van der Waals surface area contributed by atoms with E-state index in [1.54, 1.807) is 0 Å². The molecular weight excluding hydrogens is 212 g/mol. The Morgan fingerprint density at radius 2 is 2.00 bits per heavy atom. The molecule has 1 saturated carbocycles. The van der Waals surface area contributed by atoms with Crippen LogP contribution < -0.4 is 10.6 Å². The summed E-state index contributed by atoms with van der Waals surface area (Å²) >= 11 is 0. The van der Waals surface area contributed by atoms with E-state index in [1.165, 1.54) is 12.8 Å². The molecule has 3 nitrogen and oxygen atoms in total. The smallest absolute Gasteiger partial charge is 0.227 e. The predicted molar refractivity (Wildman–Crippen MR) is 69.7 cm³/mol. The first-order chi connectivity index (χ1) is 8.24. The number of carbonyl (C=O) groups excluding carboxylic acids is 1. The molecule has 92 valence electrons. The van der Waals surface area contributed by atoms with Gasteiger partial charge in [0.15, 0.2) is 0 Å². The Morgan fingerprint density at radius 3 is 2.47 bits per heavy atom. The molecule has 0 spiro atoms. The van der Waals surface area contributed by atoms with Gasteiger partial charge in [-0.2, -0.15) is 0 Å². The van der Waals surface area contributed by atoms with E-state index < -0.39 is 0 Å². The lowest BCUT2D eigenvalue weighted by Crippen LogP contribution is -2.30. The monoisotopic (exact) mass is 232 g/mol. The van der Waals surface area contributed by atoms with Crippen molar-refractivity contribution < 1.29 is 4.79 Å². The lowest BCUT2D eigenvalue weighted by molar-refractivity contribution is -0.118. The van der Waals surface area contributed by atoms with Crippen molar-refractivity contribution in [2.75, 3.05) is 11.4 Å². The summed E-state index contributed by atoms with van der Waals surface area (Å²) < 4.78 is 0. The molecule has 0 aliphatic heterocycles. The van der Waals surface area contributed by atoms with Crippen molar-refractivity contribution in [3.63, 3.8) is 0 Å². The van der Waals surface area contributed by atoms with Crippen LogP contribution in [0.4, 0.5) is 5.69 Å².